The number of carbonyl (C=O) groups excluding carboxylic acids is 1. The number of halogens is 1. The SMILES string of the molecule is CCOC(=O)c1n[nH]c(Br)c1CC. The molecular weight excluding hydrogens is 236 g/mol. The van der Waals surface area contributed by atoms with Crippen LogP contribution < -0.4 is 0 Å². The summed E-state index contributed by atoms with van der Waals surface area (Å²) in [7, 11) is 0. The number of nitrogens with one attached hydrogen (secondary N) is 1. The first-order chi connectivity index (χ1) is 6.20. The van der Waals surface area contributed by atoms with Crippen LogP contribution in [0.1, 0.15) is 29.9 Å². The zero-order valence-electron chi connectivity index (χ0n) is 7.56. The van der Waals surface area contributed by atoms with Gasteiger partial charge in [-0.3, -0.25) is 5.10 Å². The molecule has 0 fully saturated rings. The van der Waals surface area contributed by atoms with Crippen molar-refractivity contribution in [2.45, 2.75) is 20.3 Å². The van der Waals surface area contributed by atoms with E-state index in [1.165, 1.54) is 0 Å². The van der Waals surface area contributed by atoms with Crippen LogP contribution in [0.4, 0.5) is 0 Å². The number of aromatic nitrogens is 2. The summed E-state index contributed by atoms with van der Waals surface area (Å²) in [4.78, 5) is 11.3. The lowest BCUT2D eigenvalue weighted by atomic mass is 10.2. The minimum Gasteiger partial charge on any atom is -0.461 e. The zero-order valence-corrected chi connectivity index (χ0v) is 9.14. The van der Waals surface area contributed by atoms with Crippen molar-refractivity contribution < 1.29 is 9.53 Å². The fraction of sp³-hybridized carbons (Fsp3) is 0.500. The normalized spacial score (nSPS) is 10.1. The minimum absolute atomic E-state index is 0.368. The van der Waals surface area contributed by atoms with E-state index in [-0.39, 0.29) is 5.97 Å². The van der Waals surface area contributed by atoms with Crippen molar-refractivity contribution in [3.63, 3.8) is 0 Å². The molecule has 0 aromatic carbocycles. The van der Waals surface area contributed by atoms with Crippen molar-refractivity contribution in [3.8, 4) is 0 Å². The fourth-order valence-corrected chi connectivity index (χ4v) is 1.59. The summed E-state index contributed by atoms with van der Waals surface area (Å²) < 4.78 is 5.59. The number of ether oxygens (including phenoxy) is 1. The van der Waals surface area contributed by atoms with E-state index < -0.39 is 0 Å². The van der Waals surface area contributed by atoms with Crippen LogP contribution in [0.15, 0.2) is 4.60 Å². The summed E-state index contributed by atoms with van der Waals surface area (Å²) in [6.07, 6.45) is 0.741. The Labute approximate surface area is 84.8 Å². The van der Waals surface area contributed by atoms with Crippen LogP contribution in [0.3, 0.4) is 0 Å². The molecule has 0 saturated carbocycles. The average molecular weight is 247 g/mol. The first-order valence-electron chi connectivity index (χ1n) is 4.10. The molecule has 0 saturated heterocycles. The van der Waals surface area contributed by atoms with E-state index >= 15 is 0 Å². The van der Waals surface area contributed by atoms with Crippen molar-refractivity contribution in [2.75, 3.05) is 6.61 Å². The molecule has 0 spiro atoms. The van der Waals surface area contributed by atoms with Crippen molar-refractivity contribution in [1.29, 1.82) is 0 Å². The van der Waals surface area contributed by atoms with Gasteiger partial charge in [0.05, 0.1) is 6.61 Å². The lowest BCUT2D eigenvalue weighted by molar-refractivity contribution is 0.0518. The van der Waals surface area contributed by atoms with Crippen molar-refractivity contribution >= 4 is 21.9 Å². The summed E-state index contributed by atoms with van der Waals surface area (Å²) in [6.45, 7) is 4.09. The molecule has 1 rings (SSSR count). The highest BCUT2D eigenvalue weighted by molar-refractivity contribution is 9.10. The van der Waals surface area contributed by atoms with Gasteiger partial charge >= 0.3 is 5.97 Å². The van der Waals surface area contributed by atoms with Gasteiger partial charge in [-0.1, -0.05) is 6.92 Å². The highest BCUT2D eigenvalue weighted by Crippen LogP contribution is 2.18. The third kappa shape index (κ3) is 2.09. The molecule has 13 heavy (non-hydrogen) atoms. The van der Waals surface area contributed by atoms with Crippen LogP contribution in [0, 0.1) is 0 Å². The number of hydrogen-bond acceptors (Lipinski definition) is 3. The van der Waals surface area contributed by atoms with Crippen LogP contribution in [0.2, 0.25) is 0 Å². The Morgan fingerprint density at radius 3 is 2.85 bits per heavy atom. The second-order valence-electron chi connectivity index (χ2n) is 2.44. The van der Waals surface area contributed by atoms with E-state index in [0.717, 1.165) is 16.6 Å². The summed E-state index contributed by atoms with van der Waals surface area (Å²) in [5, 5.41) is 6.55. The first kappa shape index (κ1) is 10.2. The van der Waals surface area contributed by atoms with E-state index in [4.69, 9.17) is 4.74 Å². The summed E-state index contributed by atoms with van der Waals surface area (Å²) in [5.74, 6) is -0.374. The van der Waals surface area contributed by atoms with Gasteiger partial charge in [0.25, 0.3) is 0 Å². The van der Waals surface area contributed by atoms with E-state index in [2.05, 4.69) is 26.1 Å². The van der Waals surface area contributed by atoms with Crippen molar-refractivity contribution in [2.24, 2.45) is 0 Å². The second-order valence-corrected chi connectivity index (χ2v) is 3.23. The average Bonchev–Trinajstić information content (AvgIpc) is 2.47. The van der Waals surface area contributed by atoms with Gasteiger partial charge in [0, 0.05) is 5.56 Å². The van der Waals surface area contributed by atoms with Gasteiger partial charge in [0.1, 0.15) is 4.60 Å². The fourth-order valence-electron chi connectivity index (χ4n) is 1.03. The number of nitrogens with zero attached hydrogens (tertiary/aromatic N) is 1. The topological polar surface area (TPSA) is 55.0 Å². The molecule has 0 unspecified atom stereocenters. The standard InChI is InChI=1S/C8H11BrN2O2/c1-3-5-6(8(12)13-4-2)10-11-7(5)9/h3-4H2,1-2H3,(H,10,11). The molecule has 0 aliphatic carbocycles. The maximum absolute atomic E-state index is 11.3. The van der Waals surface area contributed by atoms with Gasteiger partial charge in [0.2, 0.25) is 0 Å². The van der Waals surface area contributed by atoms with Gasteiger partial charge in [-0.05, 0) is 29.3 Å². The molecule has 0 aliphatic rings. The summed E-state index contributed by atoms with van der Waals surface area (Å²) in [5.41, 5.74) is 1.23. The van der Waals surface area contributed by atoms with E-state index in [9.17, 15) is 4.79 Å². The lowest BCUT2D eigenvalue weighted by Crippen LogP contribution is -2.07. The summed E-state index contributed by atoms with van der Waals surface area (Å²) >= 11 is 3.27. The van der Waals surface area contributed by atoms with Gasteiger partial charge < -0.3 is 4.74 Å². The lowest BCUT2D eigenvalue weighted by Gasteiger charge is -1.99. The molecular formula is C8H11BrN2O2. The maximum Gasteiger partial charge on any atom is 0.359 e. The molecule has 4 nitrogen and oxygen atoms in total. The highest BCUT2D eigenvalue weighted by atomic mass is 79.9. The molecule has 0 bridgehead atoms. The molecule has 72 valence electrons. The molecule has 5 heteroatoms. The monoisotopic (exact) mass is 246 g/mol. The molecule has 1 N–H and O–H groups in total. The number of H-pyrrole nitrogens is 1. The quantitative estimate of drug-likeness (QED) is 0.830. The number of aromatic amines is 1. The Kier molecular flexibility index (Phi) is 3.48. The predicted octanol–water partition coefficient (Wildman–Crippen LogP) is 1.91. The van der Waals surface area contributed by atoms with Gasteiger partial charge in [-0.2, -0.15) is 5.10 Å². The number of rotatable bonds is 3. The Morgan fingerprint density at radius 1 is 1.62 bits per heavy atom. The molecule has 0 atom stereocenters. The highest BCUT2D eigenvalue weighted by Gasteiger charge is 2.17. The van der Waals surface area contributed by atoms with Gasteiger partial charge in [0.15, 0.2) is 5.69 Å². The molecule has 0 amide bonds. The largest absolute Gasteiger partial charge is 0.461 e. The number of esters is 1. The molecule has 1 heterocycles. The van der Waals surface area contributed by atoms with Crippen LogP contribution in [0.5, 0.6) is 0 Å². The van der Waals surface area contributed by atoms with Crippen LogP contribution >= 0.6 is 15.9 Å². The third-order valence-electron chi connectivity index (χ3n) is 1.64. The third-order valence-corrected chi connectivity index (χ3v) is 2.29. The smallest absolute Gasteiger partial charge is 0.359 e. The predicted molar refractivity (Wildman–Crippen MR) is 51.6 cm³/mol. The van der Waals surface area contributed by atoms with Crippen LogP contribution in [0.25, 0.3) is 0 Å². The maximum atomic E-state index is 11.3. The Morgan fingerprint density at radius 2 is 2.31 bits per heavy atom. The Balaban J connectivity index is 2.93. The van der Waals surface area contributed by atoms with Gasteiger partial charge in [-0.25, -0.2) is 4.79 Å². The van der Waals surface area contributed by atoms with Crippen LogP contribution in [-0.2, 0) is 11.2 Å². The van der Waals surface area contributed by atoms with E-state index in [1.807, 2.05) is 6.92 Å². The number of hydrogen-bond donors (Lipinski definition) is 1. The molecule has 0 aliphatic heterocycles. The number of carbonyl (C=O) groups is 1. The van der Waals surface area contributed by atoms with Crippen molar-refractivity contribution in [1.82, 2.24) is 10.2 Å². The van der Waals surface area contributed by atoms with Crippen molar-refractivity contribution in [3.05, 3.63) is 15.9 Å². The zero-order chi connectivity index (χ0) is 9.84. The van der Waals surface area contributed by atoms with Crippen LogP contribution in [-0.4, -0.2) is 22.8 Å². The van der Waals surface area contributed by atoms with E-state index in [1.54, 1.807) is 6.92 Å². The minimum atomic E-state index is -0.374. The first-order valence-corrected chi connectivity index (χ1v) is 4.89. The molecule has 0 radical (unpaired) electrons. The van der Waals surface area contributed by atoms with E-state index in [0.29, 0.717) is 12.3 Å². The molecule has 1 aromatic heterocycles. The van der Waals surface area contributed by atoms with Gasteiger partial charge in [-0.15, -0.1) is 0 Å². The Bertz CT molecular complexity index is 309. The summed E-state index contributed by atoms with van der Waals surface area (Å²) in [6, 6.07) is 0. The Hall–Kier alpha value is -0.840. The second kappa shape index (κ2) is 4.41. The molecule has 1 aromatic rings.